The second-order valence-electron chi connectivity index (χ2n) is 4.73. The zero-order chi connectivity index (χ0) is 9.97. The van der Waals surface area contributed by atoms with Crippen molar-refractivity contribution in [3.8, 4) is 11.8 Å². The molecule has 14 heavy (non-hydrogen) atoms. The lowest BCUT2D eigenvalue weighted by Gasteiger charge is -2.23. The Balaban J connectivity index is 1.76. The summed E-state index contributed by atoms with van der Waals surface area (Å²) >= 11 is 0. The fraction of sp³-hybridized carbons (Fsp3) is 0.833. The molecule has 3 unspecified atom stereocenters. The van der Waals surface area contributed by atoms with Gasteiger partial charge in [-0.2, -0.15) is 0 Å². The van der Waals surface area contributed by atoms with Crippen molar-refractivity contribution >= 4 is 0 Å². The van der Waals surface area contributed by atoms with Crippen LogP contribution in [-0.2, 0) is 0 Å². The van der Waals surface area contributed by atoms with E-state index in [1.807, 2.05) is 6.92 Å². The Kier molecular flexibility index (Phi) is 3.10. The van der Waals surface area contributed by atoms with Crippen LogP contribution in [-0.4, -0.2) is 6.04 Å². The maximum atomic E-state index is 5.60. The van der Waals surface area contributed by atoms with Crippen molar-refractivity contribution in [3.05, 3.63) is 0 Å². The minimum atomic E-state index is 0.503. The second kappa shape index (κ2) is 4.33. The number of nitrogens with two attached hydrogens (primary N) is 1. The molecule has 0 aromatic heterocycles. The van der Waals surface area contributed by atoms with Gasteiger partial charge >= 0.3 is 0 Å². The van der Waals surface area contributed by atoms with E-state index in [9.17, 15) is 0 Å². The van der Waals surface area contributed by atoms with Crippen molar-refractivity contribution in [3.63, 3.8) is 0 Å². The zero-order valence-electron chi connectivity index (χ0n) is 8.92. The van der Waals surface area contributed by atoms with Crippen LogP contribution in [0.4, 0.5) is 0 Å². The van der Waals surface area contributed by atoms with Gasteiger partial charge in [0, 0.05) is 12.5 Å². The molecule has 2 fully saturated rings. The topological polar surface area (TPSA) is 38.0 Å². The SMILES string of the molecule is CC#CCCC(NN)C1CC2CC2C1. The van der Waals surface area contributed by atoms with Crippen molar-refractivity contribution < 1.29 is 0 Å². The molecule has 2 heteroatoms. The number of hydrogen-bond acceptors (Lipinski definition) is 2. The first kappa shape index (κ1) is 10.0. The van der Waals surface area contributed by atoms with Crippen LogP contribution in [0.25, 0.3) is 0 Å². The Morgan fingerprint density at radius 2 is 2.07 bits per heavy atom. The van der Waals surface area contributed by atoms with Gasteiger partial charge in [0.05, 0.1) is 0 Å². The zero-order valence-corrected chi connectivity index (χ0v) is 8.92. The van der Waals surface area contributed by atoms with Gasteiger partial charge in [-0.15, -0.1) is 11.8 Å². The fourth-order valence-electron chi connectivity index (χ4n) is 2.90. The second-order valence-corrected chi connectivity index (χ2v) is 4.73. The van der Waals surface area contributed by atoms with Gasteiger partial charge in [0.15, 0.2) is 0 Å². The van der Waals surface area contributed by atoms with Crippen LogP contribution in [0.2, 0.25) is 0 Å². The molecule has 3 atom stereocenters. The summed E-state index contributed by atoms with van der Waals surface area (Å²) in [4.78, 5) is 0. The highest BCUT2D eigenvalue weighted by Crippen LogP contribution is 2.55. The highest BCUT2D eigenvalue weighted by molar-refractivity contribution is 5.01. The highest BCUT2D eigenvalue weighted by atomic mass is 15.2. The van der Waals surface area contributed by atoms with Crippen molar-refractivity contribution in [2.45, 2.75) is 45.1 Å². The molecule has 0 aromatic rings. The van der Waals surface area contributed by atoms with E-state index in [1.165, 1.54) is 19.3 Å². The summed E-state index contributed by atoms with van der Waals surface area (Å²) in [5, 5.41) is 0. The van der Waals surface area contributed by atoms with Gasteiger partial charge in [0.1, 0.15) is 0 Å². The first-order chi connectivity index (χ1) is 6.85. The summed E-state index contributed by atoms with van der Waals surface area (Å²) in [6.07, 6.45) is 6.39. The van der Waals surface area contributed by atoms with Crippen LogP contribution in [0.1, 0.15) is 39.0 Å². The number of rotatable bonds is 4. The van der Waals surface area contributed by atoms with E-state index in [1.54, 1.807) is 0 Å². The summed E-state index contributed by atoms with van der Waals surface area (Å²) in [7, 11) is 0. The molecule has 3 N–H and O–H groups in total. The molecule has 0 radical (unpaired) electrons. The maximum Gasteiger partial charge on any atom is 0.0248 e. The van der Waals surface area contributed by atoms with Crippen LogP contribution in [0.3, 0.4) is 0 Å². The Labute approximate surface area is 86.6 Å². The molecule has 0 aliphatic heterocycles. The van der Waals surface area contributed by atoms with Crippen LogP contribution in [0.15, 0.2) is 0 Å². The van der Waals surface area contributed by atoms with Crippen LogP contribution in [0, 0.1) is 29.6 Å². The molecule has 2 rings (SSSR count). The molecule has 0 spiro atoms. The number of hydrogen-bond donors (Lipinski definition) is 2. The van der Waals surface area contributed by atoms with Crippen molar-refractivity contribution in [2.24, 2.45) is 23.6 Å². The molecule has 0 bridgehead atoms. The van der Waals surface area contributed by atoms with Gasteiger partial charge in [0.25, 0.3) is 0 Å². The molecule has 0 saturated heterocycles. The third kappa shape index (κ3) is 2.10. The van der Waals surface area contributed by atoms with Gasteiger partial charge in [-0.1, -0.05) is 0 Å². The summed E-state index contributed by atoms with van der Waals surface area (Å²) < 4.78 is 0. The van der Waals surface area contributed by atoms with E-state index in [2.05, 4.69) is 17.3 Å². The lowest BCUT2D eigenvalue weighted by molar-refractivity contribution is 0.324. The number of hydrazine groups is 1. The Morgan fingerprint density at radius 1 is 1.36 bits per heavy atom. The normalized spacial score (nSPS) is 35.7. The van der Waals surface area contributed by atoms with Crippen LogP contribution in [0.5, 0.6) is 0 Å². The van der Waals surface area contributed by atoms with Gasteiger partial charge in [-0.05, 0) is 50.4 Å². The summed E-state index contributed by atoms with van der Waals surface area (Å²) in [6, 6.07) is 0.503. The molecule has 2 aliphatic carbocycles. The lowest BCUT2D eigenvalue weighted by atomic mass is 9.92. The van der Waals surface area contributed by atoms with E-state index in [-0.39, 0.29) is 0 Å². The largest absolute Gasteiger partial charge is 0.271 e. The molecule has 2 nitrogen and oxygen atoms in total. The maximum absolute atomic E-state index is 5.60. The van der Waals surface area contributed by atoms with Gasteiger partial charge < -0.3 is 0 Å². The molecule has 2 saturated carbocycles. The smallest absolute Gasteiger partial charge is 0.0248 e. The van der Waals surface area contributed by atoms with Gasteiger partial charge in [-0.3, -0.25) is 11.3 Å². The molecular weight excluding hydrogens is 172 g/mol. The predicted molar refractivity (Wildman–Crippen MR) is 58.1 cm³/mol. The molecule has 78 valence electrons. The first-order valence-corrected chi connectivity index (χ1v) is 5.71. The van der Waals surface area contributed by atoms with E-state index in [4.69, 9.17) is 5.84 Å². The lowest BCUT2D eigenvalue weighted by Crippen LogP contribution is -2.40. The average molecular weight is 192 g/mol. The molecule has 0 aromatic carbocycles. The minimum Gasteiger partial charge on any atom is -0.271 e. The fourth-order valence-corrected chi connectivity index (χ4v) is 2.90. The van der Waals surface area contributed by atoms with Gasteiger partial charge in [0.2, 0.25) is 0 Å². The van der Waals surface area contributed by atoms with E-state index >= 15 is 0 Å². The third-order valence-corrected chi connectivity index (χ3v) is 3.82. The van der Waals surface area contributed by atoms with E-state index < -0.39 is 0 Å². The van der Waals surface area contributed by atoms with E-state index in [0.29, 0.717) is 6.04 Å². The predicted octanol–water partition coefficient (Wildman–Crippen LogP) is 1.67. The van der Waals surface area contributed by atoms with Crippen LogP contribution < -0.4 is 11.3 Å². The van der Waals surface area contributed by atoms with Crippen molar-refractivity contribution in [1.29, 1.82) is 0 Å². The van der Waals surface area contributed by atoms with Crippen molar-refractivity contribution in [1.82, 2.24) is 5.43 Å². The Bertz CT molecular complexity index is 241. The summed E-state index contributed by atoms with van der Waals surface area (Å²) in [5.74, 6) is 14.6. The molecule has 0 heterocycles. The molecular formula is C12H20N2. The third-order valence-electron chi connectivity index (χ3n) is 3.82. The Hall–Kier alpha value is -0.520. The Morgan fingerprint density at radius 3 is 2.64 bits per heavy atom. The quantitative estimate of drug-likeness (QED) is 0.404. The molecule has 0 amide bonds. The minimum absolute atomic E-state index is 0.503. The van der Waals surface area contributed by atoms with E-state index in [0.717, 1.165) is 30.6 Å². The standard InChI is InChI=1S/C12H20N2/c1-2-3-4-5-12(14-13)11-7-9-6-10(9)8-11/h9-12,14H,4-8,13H2,1H3. The first-order valence-electron chi connectivity index (χ1n) is 5.71. The summed E-state index contributed by atoms with van der Waals surface area (Å²) in [5.41, 5.74) is 2.98. The van der Waals surface area contributed by atoms with Gasteiger partial charge in [-0.25, -0.2) is 0 Å². The van der Waals surface area contributed by atoms with Crippen molar-refractivity contribution in [2.75, 3.05) is 0 Å². The monoisotopic (exact) mass is 192 g/mol. The summed E-state index contributed by atoms with van der Waals surface area (Å²) in [6.45, 7) is 1.90. The molecule has 2 aliphatic rings. The van der Waals surface area contributed by atoms with Crippen LogP contribution >= 0.6 is 0 Å². The number of fused-ring (bicyclic) bond motifs is 1. The highest BCUT2D eigenvalue weighted by Gasteiger charge is 2.47. The average Bonchev–Trinajstić information content (AvgIpc) is 2.81. The number of nitrogens with one attached hydrogen (secondary N) is 1.